The van der Waals surface area contributed by atoms with E-state index in [1.54, 1.807) is 6.20 Å². The van der Waals surface area contributed by atoms with Gasteiger partial charge in [0.1, 0.15) is 0 Å². The number of nitrogen functional groups attached to an aromatic ring is 1. The molecule has 20 heavy (non-hydrogen) atoms. The van der Waals surface area contributed by atoms with Gasteiger partial charge < -0.3 is 5.73 Å². The van der Waals surface area contributed by atoms with E-state index in [-0.39, 0.29) is 6.04 Å². The van der Waals surface area contributed by atoms with E-state index in [4.69, 9.17) is 11.6 Å². The molecule has 0 saturated carbocycles. The first-order valence-electron chi connectivity index (χ1n) is 6.45. The Kier molecular flexibility index (Phi) is 3.33. The molecule has 0 saturated heterocycles. The smallest absolute Gasteiger partial charge is 0.0753 e. The summed E-state index contributed by atoms with van der Waals surface area (Å²) in [7, 11) is 0. The van der Waals surface area contributed by atoms with Crippen LogP contribution in [0.5, 0.6) is 0 Å². The molecule has 0 amide bonds. The second kappa shape index (κ2) is 5.28. The normalized spacial score (nSPS) is 12.4. The zero-order chi connectivity index (χ0) is 13.9. The lowest BCUT2D eigenvalue weighted by Gasteiger charge is -2.19. The van der Waals surface area contributed by atoms with Crippen LogP contribution in [0.1, 0.15) is 17.2 Å². The lowest BCUT2D eigenvalue weighted by atomic mass is 9.95. The van der Waals surface area contributed by atoms with E-state index in [1.165, 1.54) is 0 Å². The van der Waals surface area contributed by atoms with Crippen molar-refractivity contribution in [3.05, 3.63) is 71.9 Å². The number of hydrogen-bond donors (Lipinski definition) is 3. The summed E-state index contributed by atoms with van der Waals surface area (Å²) in [6.07, 6.45) is 1.79. The lowest BCUT2D eigenvalue weighted by molar-refractivity contribution is 0.641. The van der Waals surface area contributed by atoms with Gasteiger partial charge in [0.2, 0.25) is 0 Å². The molecule has 0 radical (unpaired) electrons. The van der Waals surface area contributed by atoms with Crippen LogP contribution in [0, 0.1) is 0 Å². The number of hydrazine groups is 1. The van der Waals surface area contributed by atoms with Gasteiger partial charge in [0, 0.05) is 22.8 Å². The fourth-order valence-corrected chi connectivity index (χ4v) is 2.48. The summed E-state index contributed by atoms with van der Waals surface area (Å²) in [6.45, 7) is 0. The highest BCUT2D eigenvalue weighted by Gasteiger charge is 2.17. The minimum atomic E-state index is -0.185. The third kappa shape index (κ3) is 2.11. The van der Waals surface area contributed by atoms with Gasteiger partial charge in [-0.25, -0.2) is 5.43 Å². The molecule has 3 rings (SSSR count). The van der Waals surface area contributed by atoms with Crippen molar-refractivity contribution < 1.29 is 0 Å². The molecule has 1 aromatic heterocycles. The predicted molar refractivity (Wildman–Crippen MR) is 81.8 cm³/mol. The highest BCUT2D eigenvalue weighted by atomic mass is 15.2. The van der Waals surface area contributed by atoms with Crippen LogP contribution < -0.4 is 17.0 Å². The van der Waals surface area contributed by atoms with Gasteiger partial charge in [0.05, 0.1) is 11.6 Å². The Bertz CT molecular complexity index is 734. The van der Waals surface area contributed by atoms with Crippen LogP contribution in [0.3, 0.4) is 0 Å². The Hall–Kier alpha value is -2.43. The van der Waals surface area contributed by atoms with Gasteiger partial charge in [-0.15, -0.1) is 0 Å². The van der Waals surface area contributed by atoms with Crippen LogP contribution in [0.4, 0.5) is 5.69 Å². The summed E-state index contributed by atoms with van der Waals surface area (Å²) in [5.74, 6) is 5.76. The molecule has 3 aromatic rings. The number of pyridine rings is 1. The van der Waals surface area contributed by atoms with Crippen molar-refractivity contribution in [2.24, 2.45) is 5.84 Å². The van der Waals surface area contributed by atoms with Crippen molar-refractivity contribution in [1.82, 2.24) is 10.4 Å². The summed E-state index contributed by atoms with van der Waals surface area (Å²) in [4.78, 5) is 4.47. The third-order valence-electron chi connectivity index (χ3n) is 3.45. The van der Waals surface area contributed by atoms with Gasteiger partial charge in [0.15, 0.2) is 0 Å². The molecule has 0 fully saturated rings. The number of benzene rings is 2. The van der Waals surface area contributed by atoms with E-state index in [0.717, 1.165) is 22.0 Å². The number of fused-ring (bicyclic) bond motifs is 1. The van der Waals surface area contributed by atoms with Crippen molar-refractivity contribution in [2.75, 3.05) is 5.73 Å². The van der Waals surface area contributed by atoms with E-state index >= 15 is 0 Å². The molecular weight excluding hydrogens is 248 g/mol. The fraction of sp³-hybridized carbons (Fsp3) is 0.0625. The Balaban J connectivity index is 2.20. The maximum Gasteiger partial charge on any atom is 0.0753 e. The lowest BCUT2D eigenvalue weighted by Crippen LogP contribution is -2.29. The second-order valence-electron chi connectivity index (χ2n) is 4.65. The Labute approximate surface area is 117 Å². The number of anilines is 1. The minimum absolute atomic E-state index is 0.185. The first-order valence-corrected chi connectivity index (χ1v) is 6.45. The number of nitrogens with two attached hydrogens (primary N) is 2. The molecule has 0 bridgehead atoms. The van der Waals surface area contributed by atoms with Gasteiger partial charge in [-0.3, -0.25) is 10.8 Å². The van der Waals surface area contributed by atoms with Gasteiger partial charge in [0.25, 0.3) is 0 Å². The second-order valence-corrected chi connectivity index (χ2v) is 4.65. The Morgan fingerprint density at radius 1 is 0.900 bits per heavy atom. The van der Waals surface area contributed by atoms with Gasteiger partial charge >= 0.3 is 0 Å². The van der Waals surface area contributed by atoms with Gasteiger partial charge in [-0.2, -0.15) is 0 Å². The summed E-state index contributed by atoms with van der Waals surface area (Å²) in [5, 5.41) is 1.08. The Morgan fingerprint density at radius 3 is 2.45 bits per heavy atom. The van der Waals surface area contributed by atoms with E-state index in [0.29, 0.717) is 5.69 Å². The molecule has 0 spiro atoms. The molecule has 4 heteroatoms. The number of hydrogen-bond acceptors (Lipinski definition) is 4. The van der Waals surface area contributed by atoms with E-state index in [9.17, 15) is 0 Å². The molecule has 100 valence electrons. The van der Waals surface area contributed by atoms with Crippen LogP contribution in [-0.4, -0.2) is 4.98 Å². The monoisotopic (exact) mass is 264 g/mol. The zero-order valence-corrected chi connectivity index (χ0v) is 11.0. The van der Waals surface area contributed by atoms with Crippen LogP contribution in [-0.2, 0) is 0 Å². The SMILES string of the molecule is NNC(c1ccccc1N)c1cccc2cccnc12. The first kappa shape index (κ1) is 12.6. The average Bonchev–Trinajstić information content (AvgIpc) is 2.50. The standard InChI is InChI=1S/C16H16N4/c17-14-9-2-1-7-12(14)16(20-18)13-8-3-5-11-6-4-10-19-15(11)13/h1-10,16,20H,17-18H2. The molecule has 0 aliphatic carbocycles. The summed E-state index contributed by atoms with van der Waals surface area (Å²) < 4.78 is 0. The molecule has 2 aromatic carbocycles. The van der Waals surface area contributed by atoms with Crippen molar-refractivity contribution in [2.45, 2.75) is 6.04 Å². The van der Waals surface area contributed by atoms with E-state index in [1.807, 2.05) is 54.6 Å². The van der Waals surface area contributed by atoms with Gasteiger partial charge in [-0.1, -0.05) is 42.5 Å². The molecule has 1 unspecified atom stereocenters. The molecule has 0 aliphatic heterocycles. The number of nitrogens with one attached hydrogen (secondary N) is 1. The summed E-state index contributed by atoms with van der Waals surface area (Å²) in [5.41, 5.74) is 12.5. The van der Waals surface area contributed by atoms with E-state index < -0.39 is 0 Å². The largest absolute Gasteiger partial charge is 0.398 e. The molecule has 4 nitrogen and oxygen atoms in total. The van der Waals surface area contributed by atoms with Crippen LogP contribution in [0.2, 0.25) is 0 Å². The highest BCUT2D eigenvalue weighted by Crippen LogP contribution is 2.29. The predicted octanol–water partition coefficient (Wildman–Crippen LogP) is 2.37. The van der Waals surface area contributed by atoms with Crippen molar-refractivity contribution in [1.29, 1.82) is 0 Å². The van der Waals surface area contributed by atoms with Crippen LogP contribution in [0.15, 0.2) is 60.8 Å². The number of para-hydroxylation sites is 2. The first-order chi connectivity index (χ1) is 9.81. The quantitative estimate of drug-likeness (QED) is 0.385. The number of rotatable bonds is 3. The Morgan fingerprint density at radius 2 is 1.65 bits per heavy atom. The summed E-state index contributed by atoms with van der Waals surface area (Å²) >= 11 is 0. The van der Waals surface area contributed by atoms with Crippen LogP contribution in [0.25, 0.3) is 10.9 Å². The molecule has 0 aliphatic rings. The maximum absolute atomic E-state index is 6.06. The van der Waals surface area contributed by atoms with Crippen molar-refractivity contribution in [3.8, 4) is 0 Å². The fourth-order valence-electron chi connectivity index (χ4n) is 2.48. The molecular formula is C16H16N4. The summed E-state index contributed by atoms with van der Waals surface area (Å²) in [6, 6.07) is 17.5. The molecule has 1 atom stereocenters. The van der Waals surface area contributed by atoms with Crippen LogP contribution >= 0.6 is 0 Å². The molecule has 1 heterocycles. The van der Waals surface area contributed by atoms with E-state index in [2.05, 4.69) is 10.4 Å². The van der Waals surface area contributed by atoms with Crippen molar-refractivity contribution >= 4 is 16.6 Å². The minimum Gasteiger partial charge on any atom is -0.398 e. The topological polar surface area (TPSA) is 77.0 Å². The highest BCUT2D eigenvalue weighted by molar-refractivity contribution is 5.82. The average molecular weight is 264 g/mol. The zero-order valence-electron chi connectivity index (χ0n) is 11.0. The number of nitrogens with zero attached hydrogens (tertiary/aromatic N) is 1. The maximum atomic E-state index is 6.06. The third-order valence-corrected chi connectivity index (χ3v) is 3.45. The number of aromatic nitrogens is 1. The van der Waals surface area contributed by atoms with Crippen molar-refractivity contribution in [3.63, 3.8) is 0 Å². The van der Waals surface area contributed by atoms with Gasteiger partial charge in [-0.05, 0) is 17.7 Å². The molecule has 5 N–H and O–H groups in total.